The molecule has 5 rings (SSSR count). The second-order valence-corrected chi connectivity index (χ2v) is 8.04. The first-order chi connectivity index (χ1) is 14.1. The Morgan fingerprint density at radius 2 is 1.21 bits per heavy atom. The molecule has 0 saturated carbocycles. The van der Waals surface area contributed by atoms with Gasteiger partial charge < -0.3 is 10.2 Å². The Kier molecular flexibility index (Phi) is 4.13. The summed E-state index contributed by atoms with van der Waals surface area (Å²) in [6, 6.07) is 36.4. The van der Waals surface area contributed by atoms with Crippen LogP contribution < -0.4 is 10.2 Å². The summed E-state index contributed by atoms with van der Waals surface area (Å²) in [6.07, 6.45) is 0. The molecule has 0 amide bonds. The van der Waals surface area contributed by atoms with Crippen molar-refractivity contribution in [1.82, 2.24) is 0 Å². The molecule has 4 aromatic rings. The molecule has 0 fully saturated rings. The van der Waals surface area contributed by atoms with Crippen molar-refractivity contribution in [3.63, 3.8) is 0 Å². The Balaban J connectivity index is 1.68. The lowest BCUT2D eigenvalue weighted by atomic mass is 9.73. The van der Waals surface area contributed by atoms with Crippen LogP contribution in [0.15, 0.2) is 103 Å². The molecule has 1 N–H and O–H groups in total. The SMILES string of the molecule is CC1(C)c2ccccc2N(c2ccccc2)c2ccc(Nc3ccccc3)cc21. The van der Waals surface area contributed by atoms with Crippen LogP contribution >= 0.6 is 0 Å². The molecule has 0 bridgehead atoms. The second kappa shape index (κ2) is 6.82. The van der Waals surface area contributed by atoms with Crippen molar-refractivity contribution >= 4 is 28.4 Å². The Morgan fingerprint density at radius 3 is 1.97 bits per heavy atom. The molecule has 0 saturated heterocycles. The van der Waals surface area contributed by atoms with Crippen molar-refractivity contribution in [2.75, 3.05) is 10.2 Å². The third-order valence-electron chi connectivity index (χ3n) is 5.81. The van der Waals surface area contributed by atoms with Crippen LogP contribution in [0.3, 0.4) is 0 Å². The van der Waals surface area contributed by atoms with Crippen LogP contribution in [-0.2, 0) is 5.41 Å². The molecule has 0 aliphatic carbocycles. The highest BCUT2D eigenvalue weighted by molar-refractivity contribution is 5.87. The first-order valence-corrected chi connectivity index (χ1v) is 10.1. The van der Waals surface area contributed by atoms with E-state index in [4.69, 9.17) is 0 Å². The standard InChI is InChI=1S/C27H24N2/c1-27(2)23-15-9-10-16-25(23)29(22-13-7-4-8-14-22)26-18-17-21(19-24(26)27)28-20-11-5-3-6-12-20/h3-19,28H,1-2H3. The topological polar surface area (TPSA) is 15.3 Å². The highest BCUT2D eigenvalue weighted by Gasteiger charge is 2.36. The summed E-state index contributed by atoms with van der Waals surface area (Å²) >= 11 is 0. The van der Waals surface area contributed by atoms with E-state index in [1.54, 1.807) is 0 Å². The summed E-state index contributed by atoms with van der Waals surface area (Å²) in [5.74, 6) is 0. The Hall–Kier alpha value is -3.52. The predicted octanol–water partition coefficient (Wildman–Crippen LogP) is 7.54. The molecular weight excluding hydrogens is 352 g/mol. The fraction of sp³-hybridized carbons (Fsp3) is 0.111. The number of anilines is 5. The van der Waals surface area contributed by atoms with Gasteiger partial charge in [0.2, 0.25) is 0 Å². The molecular formula is C27H24N2. The normalized spacial score (nSPS) is 14.1. The van der Waals surface area contributed by atoms with Crippen LogP contribution in [0.25, 0.3) is 0 Å². The van der Waals surface area contributed by atoms with Crippen molar-refractivity contribution in [1.29, 1.82) is 0 Å². The molecule has 1 heterocycles. The summed E-state index contributed by atoms with van der Waals surface area (Å²) < 4.78 is 0. The minimum Gasteiger partial charge on any atom is -0.356 e. The van der Waals surface area contributed by atoms with E-state index >= 15 is 0 Å². The number of fused-ring (bicyclic) bond motifs is 2. The van der Waals surface area contributed by atoms with E-state index in [0.717, 1.165) is 11.4 Å². The van der Waals surface area contributed by atoms with Gasteiger partial charge in [-0.25, -0.2) is 0 Å². The van der Waals surface area contributed by atoms with E-state index in [2.05, 4.69) is 121 Å². The van der Waals surface area contributed by atoms with Gasteiger partial charge in [-0.2, -0.15) is 0 Å². The molecule has 1 aliphatic heterocycles. The Morgan fingerprint density at radius 1 is 0.586 bits per heavy atom. The number of nitrogens with one attached hydrogen (secondary N) is 1. The average molecular weight is 377 g/mol. The third-order valence-corrected chi connectivity index (χ3v) is 5.81. The molecule has 142 valence electrons. The average Bonchev–Trinajstić information content (AvgIpc) is 2.76. The van der Waals surface area contributed by atoms with Crippen LogP contribution in [0.5, 0.6) is 0 Å². The van der Waals surface area contributed by atoms with Gasteiger partial charge >= 0.3 is 0 Å². The first kappa shape index (κ1) is 17.6. The fourth-order valence-corrected chi connectivity index (χ4v) is 4.32. The van der Waals surface area contributed by atoms with Gasteiger partial charge in [0.15, 0.2) is 0 Å². The highest BCUT2D eigenvalue weighted by atomic mass is 15.2. The number of nitrogens with zero attached hydrogens (tertiary/aromatic N) is 1. The monoisotopic (exact) mass is 376 g/mol. The summed E-state index contributed by atoms with van der Waals surface area (Å²) in [5.41, 5.74) is 8.44. The quantitative estimate of drug-likeness (QED) is 0.397. The van der Waals surface area contributed by atoms with E-state index in [0.29, 0.717) is 0 Å². The van der Waals surface area contributed by atoms with E-state index in [1.165, 1.54) is 28.2 Å². The zero-order chi connectivity index (χ0) is 19.8. The Labute approximate surface area is 172 Å². The van der Waals surface area contributed by atoms with Gasteiger partial charge in [0.25, 0.3) is 0 Å². The maximum Gasteiger partial charge on any atom is 0.0504 e. The fourth-order valence-electron chi connectivity index (χ4n) is 4.32. The van der Waals surface area contributed by atoms with Crippen molar-refractivity contribution in [3.8, 4) is 0 Å². The number of hydrogen-bond acceptors (Lipinski definition) is 2. The van der Waals surface area contributed by atoms with Gasteiger partial charge in [-0.15, -0.1) is 0 Å². The molecule has 0 unspecified atom stereocenters. The van der Waals surface area contributed by atoms with Gasteiger partial charge in [-0.3, -0.25) is 0 Å². The van der Waals surface area contributed by atoms with E-state index in [1.807, 2.05) is 6.07 Å². The molecule has 0 atom stereocenters. The van der Waals surface area contributed by atoms with Crippen molar-refractivity contribution in [2.24, 2.45) is 0 Å². The lowest BCUT2D eigenvalue weighted by Crippen LogP contribution is -2.30. The van der Waals surface area contributed by atoms with Crippen LogP contribution in [-0.4, -0.2) is 0 Å². The highest BCUT2D eigenvalue weighted by Crippen LogP contribution is 2.52. The van der Waals surface area contributed by atoms with Gasteiger partial charge in [0.1, 0.15) is 0 Å². The second-order valence-electron chi connectivity index (χ2n) is 8.04. The van der Waals surface area contributed by atoms with Gasteiger partial charge in [0, 0.05) is 22.5 Å². The predicted molar refractivity (Wildman–Crippen MR) is 123 cm³/mol. The van der Waals surface area contributed by atoms with E-state index in [9.17, 15) is 0 Å². The van der Waals surface area contributed by atoms with E-state index < -0.39 is 0 Å². The zero-order valence-corrected chi connectivity index (χ0v) is 16.8. The molecule has 0 radical (unpaired) electrons. The third kappa shape index (κ3) is 2.98. The van der Waals surface area contributed by atoms with Gasteiger partial charge in [-0.05, 0) is 59.7 Å². The first-order valence-electron chi connectivity index (χ1n) is 10.1. The molecule has 2 heteroatoms. The lowest BCUT2D eigenvalue weighted by molar-refractivity contribution is 0.632. The summed E-state index contributed by atoms with van der Waals surface area (Å²) in [7, 11) is 0. The molecule has 0 aromatic heterocycles. The summed E-state index contributed by atoms with van der Waals surface area (Å²) in [5, 5.41) is 3.55. The smallest absolute Gasteiger partial charge is 0.0504 e. The lowest BCUT2D eigenvalue weighted by Gasteiger charge is -2.42. The largest absolute Gasteiger partial charge is 0.356 e. The molecule has 2 nitrogen and oxygen atoms in total. The summed E-state index contributed by atoms with van der Waals surface area (Å²) in [6.45, 7) is 4.64. The number of hydrogen-bond donors (Lipinski definition) is 1. The molecule has 0 spiro atoms. The number of rotatable bonds is 3. The maximum atomic E-state index is 3.55. The van der Waals surface area contributed by atoms with Crippen LogP contribution in [0.4, 0.5) is 28.4 Å². The minimum atomic E-state index is -0.0917. The van der Waals surface area contributed by atoms with Crippen LogP contribution in [0.1, 0.15) is 25.0 Å². The van der Waals surface area contributed by atoms with Crippen molar-refractivity contribution in [2.45, 2.75) is 19.3 Å². The van der Waals surface area contributed by atoms with Crippen LogP contribution in [0.2, 0.25) is 0 Å². The maximum absolute atomic E-state index is 3.55. The molecule has 4 aromatic carbocycles. The zero-order valence-electron chi connectivity index (χ0n) is 16.8. The molecule has 1 aliphatic rings. The molecule has 29 heavy (non-hydrogen) atoms. The van der Waals surface area contributed by atoms with Gasteiger partial charge in [-0.1, -0.05) is 68.4 Å². The summed E-state index contributed by atoms with van der Waals surface area (Å²) in [4.78, 5) is 2.38. The van der Waals surface area contributed by atoms with Crippen molar-refractivity contribution < 1.29 is 0 Å². The van der Waals surface area contributed by atoms with E-state index in [-0.39, 0.29) is 5.41 Å². The Bertz CT molecular complexity index is 1150. The van der Waals surface area contributed by atoms with Crippen LogP contribution in [0, 0.1) is 0 Å². The number of para-hydroxylation sites is 3. The van der Waals surface area contributed by atoms with Crippen molar-refractivity contribution in [3.05, 3.63) is 114 Å². The number of benzene rings is 4. The van der Waals surface area contributed by atoms with Gasteiger partial charge in [0.05, 0.1) is 11.4 Å². The minimum absolute atomic E-state index is 0.0917.